The van der Waals surface area contributed by atoms with E-state index in [1.54, 1.807) is 18.2 Å². The summed E-state index contributed by atoms with van der Waals surface area (Å²) in [5, 5.41) is 6.93. The highest BCUT2D eigenvalue weighted by Crippen LogP contribution is 2.22. The number of benzene rings is 2. The highest BCUT2D eigenvalue weighted by atomic mass is 35.5. The maximum atomic E-state index is 13.1. The van der Waals surface area contributed by atoms with E-state index in [1.165, 1.54) is 11.6 Å². The first-order valence-electron chi connectivity index (χ1n) is 11.5. The fourth-order valence-corrected chi connectivity index (χ4v) is 4.21. The number of hydrogen-bond donors (Lipinski definition) is 3. The third kappa shape index (κ3) is 7.42. The molecule has 2 amide bonds. The first kappa shape index (κ1) is 25.0. The average molecular weight is 469 g/mol. The molecule has 1 saturated heterocycles. The van der Waals surface area contributed by atoms with Crippen LogP contribution in [0.2, 0.25) is 5.02 Å². The normalized spacial score (nSPS) is 20.0. The lowest BCUT2D eigenvalue weighted by Crippen LogP contribution is -2.52. The number of nitrogens with one attached hydrogen (secondary N) is 2. The van der Waals surface area contributed by atoms with Gasteiger partial charge < -0.3 is 21.3 Å². The maximum Gasteiger partial charge on any atom is 0.244 e. The lowest BCUT2D eigenvalue weighted by Gasteiger charge is -2.28. The SMILES string of the molecule is CCC(CN1CC[C@@H](CNC(=O)/C=C/c2ccc(Cl)cc2)N[C@@H](CN)C1=O)c1ccccc1. The minimum absolute atomic E-state index is 0.0304. The third-order valence-electron chi connectivity index (χ3n) is 6.05. The quantitative estimate of drug-likeness (QED) is 0.493. The number of nitrogens with two attached hydrogens (primary N) is 1. The zero-order valence-corrected chi connectivity index (χ0v) is 19.8. The van der Waals surface area contributed by atoms with Crippen molar-refractivity contribution >= 4 is 29.5 Å². The molecule has 0 aromatic heterocycles. The zero-order valence-electron chi connectivity index (χ0n) is 19.0. The Morgan fingerprint density at radius 3 is 2.64 bits per heavy atom. The highest BCUT2D eigenvalue weighted by Gasteiger charge is 2.31. The second-order valence-electron chi connectivity index (χ2n) is 8.37. The maximum absolute atomic E-state index is 13.1. The van der Waals surface area contributed by atoms with Crippen LogP contribution in [0.1, 0.15) is 36.8 Å². The molecule has 0 saturated carbocycles. The van der Waals surface area contributed by atoms with Gasteiger partial charge in [-0.2, -0.15) is 0 Å². The molecule has 2 aromatic rings. The molecule has 176 valence electrons. The summed E-state index contributed by atoms with van der Waals surface area (Å²) in [6.45, 7) is 4.09. The summed E-state index contributed by atoms with van der Waals surface area (Å²) in [6, 6.07) is 17.1. The molecule has 3 atom stereocenters. The molecule has 0 spiro atoms. The lowest BCUT2D eigenvalue weighted by molar-refractivity contribution is -0.132. The number of halogens is 1. The van der Waals surface area contributed by atoms with Crippen LogP contribution in [-0.2, 0) is 9.59 Å². The molecular weight excluding hydrogens is 436 g/mol. The molecule has 0 bridgehead atoms. The summed E-state index contributed by atoms with van der Waals surface area (Å²) in [4.78, 5) is 27.3. The Bertz CT molecular complexity index is 933. The van der Waals surface area contributed by atoms with E-state index in [0.717, 1.165) is 18.4 Å². The molecule has 1 fully saturated rings. The van der Waals surface area contributed by atoms with Crippen LogP contribution in [0.25, 0.3) is 6.08 Å². The van der Waals surface area contributed by atoms with Gasteiger partial charge in [-0.1, -0.05) is 61.0 Å². The van der Waals surface area contributed by atoms with E-state index in [-0.39, 0.29) is 30.3 Å². The average Bonchev–Trinajstić information content (AvgIpc) is 2.99. The van der Waals surface area contributed by atoms with Gasteiger partial charge in [0.2, 0.25) is 11.8 Å². The van der Waals surface area contributed by atoms with Crippen LogP contribution in [-0.4, -0.2) is 55.0 Å². The Balaban J connectivity index is 1.56. The van der Waals surface area contributed by atoms with Gasteiger partial charge in [0, 0.05) is 49.2 Å². The number of amides is 2. The summed E-state index contributed by atoms with van der Waals surface area (Å²) in [5.41, 5.74) is 8.06. The smallest absolute Gasteiger partial charge is 0.244 e. The summed E-state index contributed by atoms with van der Waals surface area (Å²) < 4.78 is 0. The van der Waals surface area contributed by atoms with Crippen molar-refractivity contribution in [3.63, 3.8) is 0 Å². The first-order valence-corrected chi connectivity index (χ1v) is 11.9. The molecular formula is C26H33ClN4O2. The summed E-state index contributed by atoms with van der Waals surface area (Å²) in [6.07, 6.45) is 4.95. The number of hydrogen-bond acceptors (Lipinski definition) is 4. The van der Waals surface area contributed by atoms with Crippen molar-refractivity contribution in [2.75, 3.05) is 26.2 Å². The van der Waals surface area contributed by atoms with Gasteiger partial charge >= 0.3 is 0 Å². The van der Waals surface area contributed by atoms with Crippen molar-refractivity contribution in [1.29, 1.82) is 0 Å². The van der Waals surface area contributed by atoms with Crippen molar-refractivity contribution in [3.05, 3.63) is 76.8 Å². The Labute approximate surface area is 201 Å². The van der Waals surface area contributed by atoms with Crippen molar-refractivity contribution in [2.45, 2.75) is 37.8 Å². The molecule has 3 rings (SSSR count). The van der Waals surface area contributed by atoms with Gasteiger partial charge in [-0.3, -0.25) is 9.59 Å². The molecule has 1 aliphatic heterocycles. The number of carbonyl (C=O) groups is 2. The second kappa shape index (κ2) is 12.5. The Morgan fingerprint density at radius 2 is 1.97 bits per heavy atom. The van der Waals surface area contributed by atoms with E-state index in [2.05, 4.69) is 29.7 Å². The van der Waals surface area contributed by atoms with Crippen molar-refractivity contribution in [2.24, 2.45) is 5.73 Å². The van der Waals surface area contributed by atoms with Crippen molar-refractivity contribution in [1.82, 2.24) is 15.5 Å². The predicted molar refractivity (Wildman–Crippen MR) is 134 cm³/mol. The monoisotopic (exact) mass is 468 g/mol. The van der Waals surface area contributed by atoms with Crippen molar-refractivity contribution in [3.8, 4) is 0 Å². The minimum atomic E-state index is -0.452. The van der Waals surface area contributed by atoms with Gasteiger partial charge in [-0.05, 0) is 42.2 Å². The standard InChI is InChI=1S/C26H33ClN4O2/c1-2-20(21-6-4-3-5-7-21)18-31-15-14-23(30-24(16-28)26(31)33)17-29-25(32)13-10-19-8-11-22(27)12-9-19/h3-13,20,23-24,30H,2,14-18,28H2,1H3,(H,29,32)/b13-10+/t20?,23-,24-/m0/s1. The molecule has 2 aromatic carbocycles. The summed E-state index contributed by atoms with van der Waals surface area (Å²) in [7, 11) is 0. The van der Waals surface area contributed by atoms with Gasteiger partial charge in [0.25, 0.3) is 0 Å². The second-order valence-corrected chi connectivity index (χ2v) is 8.81. The largest absolute Gasteiger partial charge is 0.351 e. The highest BCUT2D eigenvalue weighted by molar-refractivity contribution is 6.30. The number of rotatable bonds is 9. The number of nitrogens with zero attached hydrogens (tertiary/aromatic N) is 1. The van der Waals surface area contributed by atoms with Gasteiger partial charge in [-0.25, -0.2) is 0 Å². The van der Waals surface area contributed by atoms with Crippen LogP contribution in [0.4, 0.5) is 0 Å². The zero-order chi connectivity index (χ0) is 23.6. The third-order valence-corrected chi connectivity index (χ3v) is 6.31. The van der Waals surface area contributed by atoms with E-state index in [1.807, 2.05) is 35.2 Å². The Kier molecular flexibility index (Phi) is 9.48. The minimum Gasteiger partial charge on any atom is -0.351 e. The summed E-state index contributed by atoms with van der Waals surface area (Å²) >= 11 is 5.89. The fraction of sp³-hybridized carbons (Fsp3) is 0.385. The van der Waals surface area contributed by atoms with Crippen molar-refractivity contribution < 1.29 is 9.59 Å². The molecule has 1 heterocycles. The predicted octanol–water partition coefficient (Wildman–Crippen LogP) is 3.18. The number of carbonyl (C=O) groups excluding carboxylic acids is 2. The molecule has 0 radical (unpaired) electrons. The van der Waals surface area contributed by atoms with Gasteiger partial charge in [-0.15, -0.1) is 0 Å². The molecule has 6 nitrogen and oxygen atoms in total. The first-order chi connectivity index (χ1) is 16.0. The van der Waals surface area contributed by atoms with E-state index in [9.17, 15) is 9.59 Å². The van der Waals surface area contributed by atoms with Crippen LogP contribution in [0.3, 0.4) is 0 Å². The Morgan fingerprint density at radius 1 is 1.24 bits per heavy atom. The molecule has 1 aliphatic rings. The van der Waals surface area contributed by atoms with E-state index in [0.29, 0.717) is 24.7 Å². The molecule has 0 aliphatic carbocycles. The topological polar surface area (TPSA) is 87.5 Å². The molecule has 4 N–H and O–H groups in total. The van der Waals surface area contributed by atoms with E-state index in [4.69, 9.17) is 17.3 Å². The molecule has 33 heavy (non-hydrogen) atoms. The molecule has 1 unspecified atom stereocenters. The van der Waals surface area contributed by atoms with Gasteiger partial charge in [0.05, 0.1) is 6.04 Å². The van der Waals surface area contributed by atoms with Crippen LogP contribution in [0.5, 0.6) is 0 Å². The Hall–Kier alpha value is -2.67. The van der Waals surface area contributed by atoms with Gasteiger partial charge in [0.1, 0.15) is 0 Å². The van der Waals surface area contributed by atoms with E-state index >= 15 is 0 Å². The van der Waals surface area contributed by atoms with Gasteiger partial charge in [0.15, 0.2) is 0 Å². The summed E-state index contributed by atoms with van der Waals surface area (Å²) in [5.74, 6) is 0.129. The fourth-order valence-electron chi connectivity index (χ4n) is 4.08. The lowest BCUT2D eigenvalue weighted by atomic mass is 9.95. The van der Waals surface area contributed by atoms with Crippen LogP contribution < -0.4 is 16.4 Å². The van der Waals surface area contributed by atoms with Crippen LogP contribution in [0, 0.1) is 0 Å². The van der Waals surface area contributed by atoms with E-state index < -0.39 is 6.04 Å². The molecule has 7 heteroatoms. The van der Waals surface area contributed by atoms with Crippen LogP contribution >= 0.6 is 11.6 Å². The van der Waals surface area contributed by atoms with Crippen LogP contribution in [0.15, 0.2) is 60.7 Å².